The molecular formula is C14H15BrN4S. The summed E-state index contributed by atoms with van der Waals surface area (Å²) in [5.74, 6) is 0. The fourth-order valence-electron chi connectivity index (χ4n) is 1.63. The molecule has 0 saturated carbocycles. The van der Waals surface area contributed by atoms with Gasteiger partial charge in [-0.05, 0) is 29.9 Å². The molecule has 2 aromatic rings. The van der Waals surface area contributed by atoms with E-state index in [9.17, 15) is 0 Å². The van der Waals surface area contributed by atoms with Crippen molar-refractivity contribution in [2.24, 2.45) is 0 Å². The van der Waals surface area contributed by atoms with Crippen LogP contribution in [0.4, 0.5) is 5.69 Å². The van der Waals surface area contributed by atoms with Crippen molar-refractivity contribution in [3.8, 4) is 0 Å². The van der Waals surface area contributed by atoms with Crippen molar-refractivity contribution in [1.29, 1.82) is 0 Å². The Morgan fingerprint density at radius 3 is 2.85 bits per heavy atom. The summed E-state index contributed by atoms with van der Waals surface area (Å²) < 4.78 is 2.93. The Balaban J connectivity index is 1.93. The first-order chi connectivity index (χ1) is 9.67. The van der Waals surface area contributed by atoms with E-state index in [1.54, 1.807) is 12.3 Å². The normalized spacial score (nSPS) is 10.1. The van der Waals surface area contributed by atoms with Crippen LogP contribution in [-0.4, -0.2) is 21.4 Å². The van der Waals surface area contributed by atoms with Gasteiger partial charge in [-0.2, -0.15) is 5.10 Å². The van der Waals surface area contributed by atoms with Gasteiger partial charge in [0.05, 0.1) is 18.4 Å². The monoisotopic (exact) mass is 350 g/mol. The lowest BCUT2D eigenvalue weighted by Crippen LogP contribution is -2.28. The van der Waals surface area contributed by atoms with Crippen LogP contribution in [0.25, 0.3) is 0 Å². The molecule has 0 aliphatic heterocycles. The number of aromatic nitrogens is 2. The first-order valence-electron chi connectivity index (χ1n) is 6.10. The summed E-state index contributed by atoms with van der Waals surface area (Å²) >= 11 is 8.56. The standard InChI is InChI=1S/C14H15BrN4S/c1-2-7-16-14(20)18-13-8-17-19(10-13)9-11-3-5-12(15)6-4-11/h2-6,8,10H,1,7,9H2,(H2,16,18,20). The van der Waals surface area contributed by atoms with Gasteiger partial charge in [0.15, 0.2) is 5.11 Å². The minimum atomic E-state index is 0.563. The van der Waals surface area contributed by atoms with Crippen molar-refractivity contribution in [1.82, 2.24) is 15.1 Å². The van der Waals surface area contributed by atoms with E-state index in [-0.39, 0.29) is 0 Å². The third kappa shape index (κ3) is 4.47. The van der Waals surface area contributed by atoms with E-state index in [1.807, 2.05) is 23.0 Å². The van der Waals surface area contributed by atoms with Gasteiger partial charge in [-0.3, -0.25) is 4.68 Å². The number of anilines is 1. The second-order valence-corrected chi connectivity index (χ2v) is 5.50. The molecule has 1 heterocycles. The number of hydrogen-bond donors (Lipinski definition) is 2. The largest absolute Gasteiger partial charge is 0.359 e. The molecule has 0 saturated heterocycles. The summed E-state index contributed by atoms with van der Waals surface area (Å²) in [6, 6.07) is 8.17. The second-order valence-electron chi connectivity index (χ2n) is 4.18. The van der Waals surface area contributed by atoms with Crippen LogP contribution in [0.5, 0.6) is 0 Å². The predicted octanol–water partition coefficient (Wildman–Crippen LogP) is 3.17. The second kappa shape index (κ2) is 7.21. The molecule has 0 amide bonds. The number of rotatable bonds is 5. The van der Waals surface area contributed by atoms with E-state index in [1.165, 1.54) is 5.56 Å². The van der Waals surface area contributed by atoms with Gasteiger partial charge in [0.25, 0.3) is 0 Å². The number of benzene rings is 1. The molecule has 1 aromatic carbocycles. The molecule has 0 aliphatic carbocycles. The molecule has 0 aliphatic rings. The fourth-order valence-corrected chi connectivity index (χ4v) is 2.10. The lowest BCUT2D eigenvalue weighted by Gasteiger charge is -2.06. The molecule has 0 radical (unpaired) electrons. The summed E-state index contributed by atoms with van der Waals surface area (Å²) in [4.78, 5) is 0. The number of hydrogen-bond acceptors (Lipinski definition) is 2. The van der Waals surface area contributed by atoms with Gasteiger partial charge in [-0.1, -0.05) is 34.1 Å². The van der Waals surface area contributed by atoms with Crippen LogP contribution in [0.2, 0.25) is 0 Å². The summed E-state index contributed by atoms with van der Waals surface area (Å²) in [6.07, 6.45) is 5.43. The van der Waals surface area contributed by atoms with Gasteiger partial charge in [0, 0.05) is 17.2 Å². The highest BCUT2D eigenvalue weighted by Gasteiger charge is 2.01. The van der Waals surface area contributed by atoms with E-state index in [0.717, 1.165) is 16.7 Å². The summed E-state index contributed by atoms with van der Waals surface area (Å²) in [6.45, 7) is 4.99. The van der Waals surface area contributed by atoms with Crippen molar-refractivity contribution >= 4 is 38.9 Å². The highest BCUT2D eigenvalue weighted by Crippen LogP contribution is 2.12. The maximum absolute atomic E-state index is 5.14. The third-order valence-electron chi connectivity index (χ3n) is 2.56. The van der Waals surface area contributed by atoms with Crippen LogP contribution in [0.3, 0.4) is 0 Å². The van der Waals surface area contributed by atoms with Crippen molar-refractivity contribution < 1.29 is 0 Å². The predicted molar refractivity (Wildman–Crippen MR) is 89.9 cm³/mol. The zero-order chi connectivity index (χ0) is 14.4. The van der Waals surface area contributed by atoms with Crippen molar-refractivity contribution in [2.45, 2.75) is 6.54 Å². The number of halogens is 1. The van der Waals surface area contributed by atoms with Crippen LogP contribution in [-0.2, 0) is 6.54 Å². The molecule has 104 valence electrons. The lowest BCUT2D eigenvalue weighted by molar-refractivity contribution is 0.687. The van der Waals surface area contributed by atoms with E-state index in [4.69, 9.17) is 12.2 Å². The minimum Gasteiger partial charge on any atom is -0.359 e. The Hall–Kier alpha value is -1.66. The maximum atomic E-state index is 5.14. The smallest absolute Gasteiger partial charge is 0.171 e. The molecule has 20 heavy (non-hydrogen) atoms. The van der Waals surface area contributed by atoms with Crippen LogP contribution >= 0.6 is 28.1 Å². The molecule has 2 N–H and O–H groups in total. The summed E-state index contributed by atoms with van der Waals surface area (Å²) in [7, 11) is 0. The molecule has 0 unspecified atom stereocenters. The van der Waals surface area contributed by atoms with E-state index >= 15 is 0 Å². The van der Waals surface area contributed by atoms with Crippen molar-refractivity contribution in [3.63, 3.8) is 0 Å². The zero-order valence-electron chi connectivity index (χ0n) is 10.8. The number of thiocarbonyl (C=S) groups is 1. The highest BCUT2D eigenvalue weighted by molar-refractivity contribution is 9.10. The molecule has 0 bridgehead atoms. The zero-order valence-corrected chi connectivity index (χ0v) is 13.2. The molecule has 4 nitrogen and oxygen atoms in total. The molecule has 2 rings (SSSR count). The highest BCUT2D eigenvalue weighted by atomic mass is 79.9. The quantitative estimate of drug-likeness (QED) is 0.641. The topological polar surface area (TPSA) is 41.9 Å². The minimum absolute atomic E-state index is 0.563. The molecular weight excluding hydrogens is 336 g/mol. The van der Waals surface area contributed by atoms with Crippen LogP contribution in [0.15, 0.2) is 53.8 Å². The van der Waals surface area contributed by atoms with Crippen molar-refractivity contribution in [2.75, 3.05) is 11.9 Å². The summed E-state index contributed by atoms with van der Waals surface area (Å²) in [5.41, 5.74) is 2.05. The van der Waals surface area contributed by atoms with Gasteiger partial charge < -0.3 is 10.6 Å². The van der Waals surface area contributed by atoms with Gasteiger partial charge in [-0.15, -0.1) is 6.58 Å². The first-order valence-corrected chi connectivity index (χ1v) is 7.30. The van der Waals surface area contributed by atoms with Crippen LogP contribution in [0.1, 0.15) is 5.56 Å². The Morgan fingerprint density at radius 2 is 2.15 bits per heavy atom. The van der Waals surface area contributed by atoms with Gasteiger partial charge >= 0.3 is 0 Å². The Bertz CT molecular complexity index is 591. The Kier molecular flexibility index (Phi) is 5.31. The number of nitrogens with one attached hydrogen (secondary N) is 2. The molecule has 6 heteroatoms. The number of nitrogens with zero attached hydrogens (tertiary/aromatic N) is 2. The fraction of sp³-hybridized carbons (Fsp3) is 0.143. The van der Waals surface area contributed by atoms with Crippen LogP contribution in [0, 0.1) is 0 Å². The Morgan fingerprint density at radius 1 is 1.40 bits per heavy atom. The third-order valence-corrected chi connectivity index (χ3v) is 3.33. The SMILES string of the molecule is C=CCNC(=S)Nc1cnn(Cc2ccc(Br)cc2)c1. The average molecular weight is 351 g/mol. The van der Waals surface area contributed by atoms with E-state index < -0.39 is 0 Å². The molecule has 0 spiro atoms. The van der Waals surface area contributed by atoms with Crippen LogP contribution < -0.4 is 10.6 Å². The van der Waals surface area contributed by atoms with E-state index in [0.29, 0.717) is 11.7 Å². The molecule has 0 fully saturated rings. The Labute approximate surface area is 132 Å². The maximum Gasteiger partial charge on any atom is 0.171 e. The lowest BCUT2D eigenvalue weighted by atomic mass is 10.2. The van der Waals surface area contributed by atoms with Gasteiger partial charge in [-0.25, -0.2) is 0 Å². The summed E-state index contributed by atoms with van der Waals surface area (Å²) in [5, 5.41) is 10.9. The first kappa shape index (κ1) is 14.7. The average Bonchev–Trinajstić information content (AvgIpc) is 2.86. The molecule has 0 atom stereocenters. The van der Waals surface area contributed by atoms with E-state index in [2.05, 4.69) is 50.4 Å². The molecule has 1 aromatic heterocycles. The van der Waals surface area contributed by atoms with Crippen molar-refractivity contribution in [3.05, 3.63) is 59.4 Å². The van der Waals surface area contributed by atoms with Gasteiger partial charge in [0.1, 0.15) is 0 Å². The van der Waals surface area contributed by atoms with Gasteiger partial charge in [0.2, 0.25) is 0 Å².